The van der Waals surface area contributed by atoms with Crippen LogP contribution >= 0.6 is 11.8 Å². The van der Waals surface area contributed by atoms with Crippen molar-refractivity contribution < 1.29 is 0 Å². The SMILES string of the molecule is CCCNC(C)/C=C/C1CCSC1. The van der Waals surface area contributed by atoms with Gasteiger partial charge < -0.3 is 5.32 Å². The van der Waals surface area contributed by atoms with E-state index in [1.165, 1.54) is 24.3 Å². The van der Waals surface area contributed by atoms with Crippen LogP contribution in [0, 0.1) is 5.92 Å². The molecular weight excluding hydrogens is 178 g/mol. The Bertz CT molecular complexity index is 150. The minimum atomic E-state index is 0.547. The van der Waals surface area contributed by atoms with Gasteiger partial charge in [-0.1, -0.05) is 19.1 Å². The Hall–Kier alpha value is 0.0500. The summed E-state index contributed by atoms with van der Waals surface area (Å²) in [6.45, 7) is 5.57. The molecule has 1 nitrogen and oxygen atoms in total. The molecule has 1 rings (SSSR count). The van der Waals surface area contributed by atoms with E-state index in [9.17, 15) is 0 Å². The number of hydrogen-bond acceptors (Lipinski definition) is 2. The summed E-state index contributed by atoms with van der Waals surface area (Å²) in [6, 6.07) is 0.547. The van der Waals surface area contributed by atoms with Crippen molar-refractivity contribution in [3.8, 4) is 0 Å². The maximum atomic E-state index is 3.46. The van der Waals surface area contributed by atoms with Crippen LogP contribution in [0.1, 0.15) is 26.7 Å². The summed E-state index contributed by atoms with van der Waals surface area (Å²) in [4.78, 5) is 0. The van der Waals surface area contributed by atoms with Gasteiger partial charge in [-0.05, 0) is 43.7 Å². The van der Waals surface area contributed by atoms with E-state index in [1.807, 2.05) is 0 Å². The largest absolute Gasteiger partial charge is 0.311 e. The zero-order valence-electron chi connectivity index (χ0n) is 8.75. The van der Waals surface area contributed by atoms with Gasteiger partial charge in [0.25, 0.3) is 0 Å². The average molecular weight is 199 g/mol. The Balaban J connectivity index is 2.13. The van der Waals surface area contributed by atoms with Crippen molar-refractivity contribution in [2.75, 3.05) is 18.1 Å². The molecule has 1 N–H and O–H groups in total. The minimum absolute atomic E-state index is 0.547. The maximum Gasteiger partial charge on any atom is 0.0221 e. The molecule has 0 saturated carbocycles. The van der Waals surface area contributed by atoms with Crippen LogP contribution in [0.2, 0.25) is 0 Å². The molecule has 1 aliphatic rings. The fraction of sp³-hybridized carbons (Fsp3) is 0.818. The smallest absolute Gasteiger partial charge is 0.0221 e. The molecule has 1 aliphatic heterocycles. The first-order valence-corrected chi connectivity index (χ1v) is 6.48. The highest BCUT2D eigenvalue weighted by Crippen LogP contribution is 2.24. The van der Waals surface area contributed by atoms with E-state index in [1.54, 1.807) is 0 Å². The predicted octanol–water partition coefficient (Wildman–Crippen LogP) is 2.68. The van der Waals surface area contributed by atoms with Gasteiger partial charge in [-0.15, -0.1) is 0 Å². The van der Waals surface area contributed by atoms with Crippen LogP contribution in [0.25, 0.3) is 0 Å². The third kappa shape index (κ3) is 4.72. The van der Waals surface area contributed by atoms with Gasteiger partial charge in [0.05, 0.1) is 0 Å². The second-order valence-corrected chi connectivity index (χ2v) is 4.90. The Morgan fingerprint density at radius 2 is 2.46 bits per heavy atom. The van der Waals surface area contributed by atoms with Crippen LogP contribution in [0.4, 0.5) is 0 Å². The van der Waals surface area contributed by atoms with E-state index in [0.29, 0.717) is 6.04 Å². The first-order chi connectivity index (χ1) is 6.33. The fourth-order valence-corrected chi connectivity index (χ4v) is 2.68. The molecule has 0 aromatic carbocycles. The van der Waals surface area contributed by atoms with E-state index in [4.69, 9.17) is 0 Å². The molecule has 2 heteroatoms. The molecule has 0 radical (unpaired) electrons. The Morgan fingerprint density at radius 3 is 3.08 bits per heavy atom. The Morgan fingerprint density at radius 1 is 1.62 bits per heavy atom. The summed E-state index contributed by atoms with van der Waals surface area (Å²) < 4.78 is 0. The topological polar surface area (TPSA) is 12.0 Å². The number of hydrogen-bond donors (Lipinski definition) is 1. The standard InChI is InChI=1S/C11H21NS/c1-3-7-12-10(2)4-5-11-6-8-13-9-11/h4-5,10-12H,3,6-9H2,1-2H3/b5-4+. The second-order valence-electron chi connectivity index (χ2n) is 3.75. The van der Waals surface area contributed by atoms with Crippen LogP contribution in [-0.2, 0) is 0 Å². The van der Waals surface area contributed by atoms with Crippen LogP contribution in [0.5, 0.6) is 0 Å². The third-order valence-corrected chi connectivity index (χ3v) is 3.54. The molecule has 0 aromatic heterocycles. The van der Waals surface area contributed by atoms with Crippen molar-refractivity contribution in [2.24, 2.45) is 5.92 Å². The highest BCUT2D eigenvalue weighted by Gasteiger charge is 2.11. The lowest BCUT2D eigenvalue weighted by molar-refractivity contribution is 0.617. The third-order valence-electron chi connectivity index (χ3n) is 2.35. The first-order valence-electron chi connectivity index (χ1n) is 5.32. The minimum Gasteiger partial charge on any atom is -0.311 e. The monoisotopic (exact) mass is 199 g/mol. The second kappa shape index (κ2) is 6.50. The van der Waals surface area contributed by atoms with Crippen LogP contribution in [0.15, 0.2) is 12.2 Å². The van der Waals surface area contributed by atoms with Gasteiger partial charge in [0.15, 0.2) is 0 Å². The van der Waals surface area contributed by atoms with Crippen molar-refractivity contribution in [1.82, 2.24) is 5.32 Å². The van der Waals surface area contributed by atoms with E-state index in [2.05, 4.69) is 43.1 Å². The average Bonchev–Trinajstić information content (AvgIpc) is 2.64. The van der Waals surface area contributed by atoms with Crippen molar-refractivity contribution in [2.45, 2.75) is 32.7 Å². The van der Waals surface area contributed by atoms with E-state index in [0.717, 1.165) is 12.5 Å². The summed E-state index contributed by atoms with van der Waals surface area (Å²) in [5, 5.41) is 3.46. The van der Waals surface area contributed by atoms with E-state index >= 15 is 0 Å². The fourth-order valence-electron chi connectivity index (χ4n) is 1.47. The lowest BCUT2D eigenvalue weighted by Gasteiger charge is -2.08. The number of allylic oxidation sites excluding steroid dienone is 1. The summed E-state index contributed by atoms with van der Waals surface area (Å²) in [5.74, 6) is 3.53. The summed E-state index contributed by atoms with van der Waals surface area (Å²) in [5.41, 5.74) is 0. The predicted molar refractivity (Wildman–Crippen MR) is 62.3 cm³/mol. The molecule has 0 bridgehead atoms. The highest BCUT2D eigenvalue weighted by atomic mass is 32.2. The first kappa shape index (κ1) is 11.1. The van der Waals surface area contributed by atoms with Crippen molar-refractivity contribution in [1.29, 1.82) is 0 Å². The Kier molecular flexibility index (Phi) is 5.56. The van der Waals surface area contributed by atoms with Gasteiger partial charge in [-0.2, -0.15) is 11.8 Å². The molecular formula is C11H21NS. The molecule has 0 aromatic rings. The molecule has 0 spiro atoms. The molecule has 0 amide bonds. The normalized spacial score (nSPS) is 25.5. The summed E-state index contributed by atoms with van der Waals surface area (Å²) in [7, 11) is 0. The molecule has 1 heterocycles. The molecule has 0 aliphatic carbocycles. The van der Waals surface area contributed by atoms with E-state index in [-0.39, 0.29) is 0 Å². The number of nitrogens with one attached hydrogen (secondary N) is 1. The van der Waals surface area contributed by atoms with Gasteiger partial charge in [0.2, 0.25) is 0 Å². The number of thioether (sulfide) groups is 1. The summed E-state index contributed by atoms with van der Waals surface area (Å²) in [6.07, 6.45) is 7.32. The summed E-state index contributed by atoms with van der Waals surface area (Å²) >= 11 is 2.08. The molecule has 1 saturated heterocycles. The van der Waals surface area contributed by atoms with Crippen molar-refractivity contribution in [3.63, 3.8) is 0 Å². The lowest BCUT2D eigenvalue weighted by atomic mass is 10.1. The van der Waals surface area contributed by atoms with Crippen molar-refractivity contribution >= 4 is 11.8 Å². The Labute approximate surface area is 86.4 Å². The van der Waals surface area contributed by atoms with Crippen LogP contribution < -0.4 is 5.32 Å². The van der Waals surface area contributed by atoms with Gasteiger partial charge in [0.1, 0.15) is 0 Å². The quantitative estimate of drug-likeness (QED) is 0.683. The molecule has 2 atom stereocenters. The zero-order valence-corrected chi connectivity index (χ0v) is 9.57. The van der Waals surface area contributed by atoms with Gasteiger partial charge >= 0.3 is 0 Å². The molecule has 13 heavy (non-hydrogen) atoms. The molecule has 2 unspecified atom stereocenters. The van der Waals surface area contributed by atoms with E-state index < -0.39 is 0 Å². The molecule has 1 fully saturated rings. The highest BCUT2D eigenvalue weighted by molar-refractivity contribution is 7.99. The van der Waals surface area contributed by atoms with Crippen molar-refractivity contribution in [3.05, 3.63) is 12.2 Å². The van der Waals surface area contributed by atoms with Gasteiger partial charge in [0, 0.05) is 6.04 Å². The van der Waals surface area contributed by atoms with Gasteiger partial charge in [-0.3, -0.25) is 0 Å². The maximum absolute atomic E-state index is 3.46. The van der Waals surface area contributed by atoms with Crippen LogP contribution in [-0.4, -0.2) is 24.1 Å². The van der Waals surface area contributed by atoms with Crippen LogP contribution in [0.3, 0.4) is 0 Å². The zero-order chi connectivity index (χ0) is 9.52. The molecule has 76 valence electrons. The van der Waals surface area contributed by atoms with Gasteiger partial charge in [-0.25, -0.2) is 0 Å². The lowest BCUT2D eigenvalue weighted by Crippen LogP contribution is -2.24. The number of rotatable bonds is 5.